The molecular weight excluding hydrogens is 573 g/mol. The second-order valence-corrected chi connectivity index (χ2v) is 10.5. The molecule has 8 nitrogen and oxygen atoms in total. The number of nitrogens with one attached hydrogen (secondary N) is 2. The smallest absolute Gasteiger partial charge is 0.425 e. The number of rotatable bonds is 13. The van der Waals surface area contributed by atoms with Gasteiger partial charge in [-0.25, -0.2) is 4.98 Å². The predicted molar refractivity (Wildman–Crippen MR) is 154 cm³/mol. The van der Waals surface area contributed by atoms with Crippen LogP contribution >= 0.6 is 11.6 Å². The molecule has 1 heterocycles. The molecule has 0 spiro atoms. The van der Waals surface area contributed by atoms with Crippen molar-refractivity contribution in [3.8, 4) is 17.0 Å². The van der Waals surface area contributed by atoms with Crippen molar-refractivity contribution in [3.63, 3.8) is 0 Å². The lowest BCUT2D eigenvalue weighted by Gasteiger charge is -2.20. The average Bonchev–Trinajstić information content (AvgIpc) is 3.33. The van der Waals surface area contributed by atoms with Crippen LogP contribution in [-0.2, 0) is 17.8 Å². The molecule has 0 aliphatic carbocycles. The van der Waals surface area contributed by atoms with Crippen LogP contribution in [-0.4, -0.2) is 51.4 Å². The van der Waals surface area contributed by atoms with Crippen LogP contribution in [0.25, 0.3) is 11.3 Å². The fraction of sp³-hybridized carbons (Fsp3) is 0.433. The largest absolute Gasteiger partial charge is 0.480 e. The van der Waals surface area contributed by atoms with E-state index in [1.54, 1.807) is 0 Å². The van der Waals surface area contributed by atoms with Crippen molar-refractivity contribution >= 4 is 23.4 Å². The third-order valence-corrected chi connectivity index (χ3v) is 6.88. The number of hydrogen-bond acceptors (Lipinski definition) is 5. The first-order valence-electron chi connectivity index (χ1n) is 13.7. The van der Waals surface area contributed by atoms with Crippen LogP contribution in [0.15, 0.2) is 48.7 Å². The van der Waals surface area contributed by atoms with E-state index in [0.717, 1.165) is 42.5 Å². The molecule has 0 bridgehead atoms. The van der Waals surface area contributed by atoms with Gasteiger partial charge in [-0.15, -0.1) is 0 Å². The zero-order chi connectivity index (χ0) is 31.0. The average molecular weight is 609 g/mol. The van der Waals surface area contributed by atoms with Crippen molar-refractivity contribution in [2.24, 2.45) is 0 Å². The highest BCUT2D eigenvalue weighted by atomic mass is 35.5. The van der Waals surface area contributed by atoms with Gasteiger partial charge in [-0.2, -0.15) is 13.2 Å². The number of aromatic nitrogens is 2. The number of aliphatic hydroxyl groups excluding tert-OH is 1. The number of imidazole rings is 1. The Morgan fingerprint density at radius 1 is 1.12 bits per heavy atom. The highest BCUT2D eigenvalue weighted by Crippen LogP contribution is 2.31. The lowest BCUT2D eigenvalue weighted by atomic mass is 10.0. The number of amides is 2. The molecule has 0 aliphatic heterocycles. The number of hydrogen-bond donors (Lipinski definition) is 3. The van der Waals surface area contributed by atoms with Gasteiger partial charge in [0.05, 0.1) is 16.8 Å². The van der Waals surface area contributed by atoms with Gasteiger partial charge in [0.15, 0.2) is 6.10 Å². The van der Waals surface area contributed by atoms with Crippen molar-refractivity contribution in [2.75, 3.05) is 6.61 Å². The molecular formula is C30H36ClF3N4O4. The maximum absolute atomic E-state index is 12.9. The first-order chi connectivity index (χ1) is 19.8. The summed E-state index contributed by atoms with van der Waals surface area (Å²) in [5.41, 5.74) is 2.73. The van der Waals surface area contributed by atoms with Crippen LogP contribution in [0.1, 0.15) is 68.3 Å². The van der Waals surface area contributed by atoms with E-state index in [4.69, 9.17) is 21.3 Å². The second kappa shape index (κ2) is 14.6. The minimum atomic E-state index is -4.55. The maximum Gasteiger partial charge on any atom is 0.425 e. The monoisotopic (exact) mass is 608 g/mol. The minimum absolute atomic E-state index is 0.121. The summed E-state index contributed by atoms with van der Waals surface area (Å²) in [5, 5.41) is 15.2. The Morgan fingerprint density at radius 3 is 2.38 bits per heavy atom. The van der Waals surface area contributed by atoms with Gasteiger partial charge in [0, 0.05) is 43.4 Å². The Labute approximate surface area is 248 Å². The number of carbonyl (C=O) groups excluding carboxylic acids is 2. The molecule has 228 valence electrons. The summed E-state index contributed by atoms with van der Waals surface area (Å²) < 4.78 is 45.4. The van der Waals surface area contributed by atoms with Gasteiger partial charge in [-0.1, -0.05) is 42.8 Å². The maximum atomic E-state index is 12.9. The Hall–Kier alpha value is -3.57. The molecule has 3 aromatic rings. The van der Waals surface area contributed by atoms with Gasteiger partial charge >= 0.3 is 6.18 Å². The molecule has 0 aliphatic rings. The van der Waals surface area contributed by atoms with Crippen LogP contribution in [0.3, 0.4) is 0 Å². The Balaban J connectivity index is 1.70. The van der Waals surface area contributed by atoms with Crippen molar-refractivity contribution in [1.82, 2.24) is 20.2 Å². The molecule has 12 heteroatoms. The minimum Gasteiger partial charge on any atom is -0.480 e. The van der Waals surface area contributed by atoms with Crippen molar-refractivity contribution in [3.05, 3.63) is 70.6 Å². The van der Waals surface area contributed by atoms with Gasteiger partial charge in [0.25, 0.3) is 5.91 Å². The summed E-state index contributed by atoms with van der Waals surface area (Å²) in [5.74, 6) is -0.0222. The van der Waals surface area contributed by atoms with Gasteiger partial charge in [0.2, 0.25) is 5.91 Å². The number of aryl methyl sites for hydroxylation is 1. The SMILES string of the molecule is CCCn1cc(-c2ccc(C[C@@H](CCO)NC(=O)c3ccc(O[C@H](C)C(F)(F)F)c(Cl)c3)cc2)nc1[C@@H](C)NC(C)=O. The molecule has 0 saturated carbocycles. The van der Waals surface area contributed by atoms with E-state index in [-0.39, 0.29) is 41.3 Å². The van der Waals surface area contributed by atoms with E-state index < -0.39 is 24.2 Å². The summed E-state index contributed by atoms with van der Waals surface area (Å²) in [4.78, 5) is 29.2. The molecule has 3 atom stereocenters. The van der Waals surface area contributed by atoms with E-state index in [1.807, 2.05) is 42.0 Å². The predicted octanol–water partition coefficient (Wildman–Crippen LogP) is 5.86. The standard InChI is InChI=1S/C30H36ClF3N4O4/c1-5-13-38-17-26(37-28(38)18(2)35-20(4)40)22-8-6-21(7-9-22)15-24(12-14-39)36-29(41)23-10-11-27(25(31)16-23)42-19(3)30(32,33)34/h6-11,16-19,24,39H,5,12-15H2,1-4H3,(H,35,40)(H,36,41)/t18-,19-,24-/m1/s1. The van der Waals surface area contributed by atoms with Crippen LogP contribution in [0.2, 0.25) is 5.02 Å². The summed E-state index contributed by atoms with van der Waals surface area (Å²) in [7, 11) is 0. The zero-order valence-electron chi connectivity index (χ0n) is 24.0. The van der Waals surface area contributed by atoms with E-state index in [0.29, 0.717) is 6.42 Å². The van der Waals surface area contributed by atoms with Crippen molar-refractivity contribution < 1.29 is 32.6 Å². The third kappa shape index (κ3) is 8.96. The van der Waals surface area contributed by atoms with E-state index in [9.17, 15) is 27.9 Å². The fourth-order valence-corrected chi connectivity index (χ4v) is 4.67. The molecule has 2 amide bonds. The highest BCUT2D eigenvalue weighted by Gasteiger charge is 2.38. The molecule has 3 rings (SSSR count). The Bertz CT molecular complexity index is 1360. The first kappa shape index (κ1) is 32.9. The molecule has 0 fully saturated rings. The lowest BCUT2D eigenvalue weighted by molar-refractivity contribution is -0.189. The van der Waals surface area contributed by atoms with E-state index >= 15 is 0 Å². The van der Waals surface area contributed by atoms with Gasteiger partial charge in [0.1, 0.15) is 11.6 Å². The summed E-state index contributed by atoms with van der Waals surface area (Å²) in [6, 6.07) is 10.9. The van der Waals surface area contributed by atoms with Crippen LogP contribution in [0.4, 0.5) is 13.2 Å². The Morgan fingerprint density at radius 2 is 1.81 bits per heavy atom. The first-order valence-corrected chi connectivity index (χ1v) is 14.1. The molecule has 3 N–H and O–H groups in total. The van der Waals surface area contributed by atoms with Gasteiger partial charge < -0.3 is 25.0 Å². The molecule has 0 radical (unpaired) electrons. The summed E-state index contributed by atoms with van der Waals surface area (Å²) >= 11 is 6.09. The summed E-state index contributed by atoms with van der Waals surface area (Å²) in [6.45, 7) is 6.91. The molecule has 42 heavy (non-hydrogen) atoms. The fourth-order valence-electron chi connectivity index (χ4n) is 4.45. The number of benzene rings is 2. The topological polar surface area (TPSA) is 105 Å². The molecule has 0 saturated heterocycles. The normalized spacial score (nSPS) is 13.7. The third-order valence-electron chi connectivity index (χ3n) is 6.58. The van der Waals surface area contributed by atoms with E-state index in [1.165, 1.54) is 25.1 Å². The number of ether oxygens (including phenoxy) is 1. The summed E-state index contributed by atoms with van der Waals surface area (Å²) in [6.07, 6.45) is -3.02. The molecule has 2 aromatic carbocycles. The zero-order valence-corrected chi connectivity index (χ0v) is 24.7. The van der Waals surface area contributed by atoms with Crippen molar-refractivity contribution in [1.29, 1.82) is 0 Å². The molecule has 0 unspecified atom stereocenters. The molecule has 1 aromatic heterocycles. The Kier molecular flexibility index (Phi) is 11.4. The lowest BCUT2D eigenvalue weighted by Crippen LogP contribution is -2.37. The number of nitrogens with zero attached hydrogens (tertiary/aromatic N) is 2. The number of halogens is 4. The highest BCUT2D eigenvalue weighted by molar-refractivity contribution is 6.32. The second-order valence-electron chi connectivity index (χ2n) is 10.1. The quantitative estimate of drug-likeness (QED) is 0.225. The van der Waals surface area contributed by atoms with Crippen LogP contribution in [0, 0.1) is 0 Å². The van der Waals surface area contributed by atoms with Crippen LogP contribution in [0.5, 0.6) is 5.75 Å². The van der Waals surface area contributed by atoms with E-state index in [2.05, 4.69) is 17.6 Å². The number of aliphatic hydroxyl groups is 1. The van der Waals surface area contributed by atoms with Gasteiger partial charge in [-0.05, 0) is 56.9 Å². The number of carbonyl (C=O) groups is 2. The van der Waals surface area contributed by atoms with Gasteiger partial charge in [-0.3, -0.25) is 9.59 Å². The number of alkyl halides is 3. The van der Waals surface area contributed by atoms with Crippen molar-refractivity contribution in [2.45, 2.75) is 77.9 Å². The van der Waals surface area contributed by atoms with Crippen LogP contribution < -0.4 is 15.4 Å².